The van der Waals surface area contributed by atoms with Gasteiger partial charge in [-0.15, -0.1) is 0 Å². The van der Waals surface area contributed by atoms with Gasteiger partial charge in [-0.3, -0.25) is 0 Å². The molecule has 74 valence electrons. The normalized spacial score (nSPS) is 16.1. The van der Waals surface area contributed by atoms with E-state index in [0.717, 1.165) is 6.42 Å². The summed E-state index contributed by atoms with van der Waals surface area (Å²) in [6, 6.07) is 2.21. The summed E-state index contributed by atoms with van der Waals surface area (Å²) < 4.78 is 5.00. The van der Waals surface area contributed by atoms with Gasteiger partial charge in [0, 0.05) is 6.04 Å². The van der Waals surface area contributed by atoms with Gasteiger partial charge in [-0.25, -0.2) is 0 Å². The van der Waals surface area contributed by atoms with Crippen molar-refractivity contribution in [2.45, 2.75) is 33.2 Å². The monoisotopic (exact) mass is 181 g/mol. The molecule has 0 spiro atoms. The fraction of sp³-hybridized carbons (Fsp3) is 0.636. The molecule has 2 atom stereocenters. The molecule has 2 heteroatoms. The number of hydrogen-bond donors (Lipinski definition) is 1. The van der Waals surface area contributed by atoms with Gasteiger partial charge in [0.1, 0.15) is 0 Å². The lowest BCUT2D eigenvalue weighted by molar-refractivity contribution is 0.344. The van der Waals surface area contributed by atoms with Crippen molar-refractivity contribution < 1.29 is 4.42 Å². The second-order valence-corrected chi connectivity index (χ2v) is 4.10. The highest BCUT2D eigenvalue weighted by atomic mass is 16.3. The van der Waals surface area contributed by atoms with Crippen molar-refractivity contribution in [1.82, 2.24) is 0 Å². The van der Waals surface area contributed by atoms with E-state index in [0.29, 0.717) is 11.8 Å². The summed E-state index contributed by atoms with van der Waals surface area (Å²) in [5.74, 6) is 1.19. The molecule has 0 aliphatic carbocycles. The van der Waals surface area contributed by atoms with Crippen molar-refractivity contribution in [2.75, 3.05) is 0 Å². The standard InChI is InChI=1S/C11H19NO/c1-8(2)9(3)11(12)6-10-4-5-13-7-10/h4-5,7-9,11H,6,12H2,1-3H3. The maximum atomic E-state index is 6.07. The molecule has 0 amide bonds. The van der Waals surface area contributed by atoms with Gasteiger partial charge in [-0.1, -0.05) is 20.8 Å². The zero-order chi connectivity index (χ0) is 9.84. The molecule has 1 aromatic heterocycles. The van der Waals surface area contributed by atoms with Crippen molar-refractivity contribution in [3.05, 3.63) is 24.2 Å². The number of rotatable bonds is 4. The number of nitrogens with two attached hydrogens (primary N) is 1. The summed E-state index contributed by atoms with van der Waals surface area (Å²) in [4.78, 5) is 0. The van der Waals surface area contributed by atoms with Crippen LogP contribution in [0.1, 0.15) is 26.3 Å². The van der Waals surface area contributed by atoms with Crippen molar-refractivity contribution in [2.24, 2.45) is 17.6 Å². The third kappa shape index (κ3) is 2.88. The van der Waals surface area contributed by atoms with E-state index in [1.165, 1.54) is 5.56 Å². The lowest BCUT2D eigenvalue weighted by atomic mass is 9.88. The maximum absolute atomic E-state index is 6.07. The molecule has 2 nitrogen and oxygen atoms in total. The van der Waals surface area contributed by atoms with Crippen LogP contribution >= 0.6 is 0 Å². The van der Waals surface area contributed by atoms with E-state index in [2.05, 4.69) is 20.8 Å². The Kier molecular flexibility index (Phi) is 3.55. The lowest BCUT2D eigenvalue weighted by Gasteiger charge is -2.22. The summed E-state index contributed by atoms with van der Waals surface area (Å²) in [6.45, 7) is 6.62. The Labute approximate surface area is 80.1 Å². The first-order valence-electron chi connectivity index (χ1n) is 4.88. The average molecular weight is 181 g/mol. The molecule has 0 radical (unpaired) electrons. The van der Waals surface area contributed by atoms with E-state index in [9.17, 15) is 0 Å². The minimum absolute atomic E-state index is 0.234. The Bertz CT molecular complexity index is 228. The minimum Gasteiger partial charge on any atom is -0.472 e. The highest BCUT2D eigenvalue weighted by Gasteiger charge is 2.16. The van der Waals surface area contributed by atoms with E-state index < -0.39 is 0 Å². The van der Waals surface area contributed by atoms with Crippen molar-refractivity contribution in [1.29, 1.82) is 0 Å². The van der Waals surface area contributed by atoms with E-state index >= 15 is 0 Å². The van der Waals surface area contributed by atoms with Gasteiger partial charge in [-0.2, -0.15) is 0 Å². The van der Waals surface area contributed by atoms with Crippen LogP contribution in [0.15, 0.2) is 23.0 Å². The van der Waals surface area contributed by atoms with E-state index in [-0.39, 0.29) is 6.04 Å². The molecule has 13 heavy (non-hydrogen) atoms. The molecular formula is C11H19NO. The largest absolute Gasteiger partial charge is 0.472 e. The second kappa shape index (κ2) is 4.47. The fourth-order valence-electron chi connectivity index (χ4n) is 1.36. The average Bonchev–Trinajstić information content (AvgIpc) is 2.55. The van der Waals surface area contributed by atoms with Crippen molar-refractivity contribution in [3.8, 4) is 0 Å². The molecule has 2 unspecified atom stereocenters. The lowest BCUT2D eigenvalue weighted by Crippen LogP contribution is -2.33. The molecule has 0 aliphatic rings. The quantitative estimate of drug-likeness (QED) is 0.775. The summed E-state index contributed by atoms with van der Waals surface area (Å²) in [5, 5.41) is 0. The zero-order valence-corrected chi connectivity index (χ0v) is 8.66. The van der Waals surface area contributed by atoms with E-state index in [1.807, 2.05) is 6.07 Å². The van der Waals surface area contributed by atoms with Crippen LogP contribution in [0.2, 0.25) is 0 Å². The Hall–Kier alpha value is -0.760. The smallest absolute Gasteiger partial charge is 0.0935 e. The van der Waals surface area contributed by atoms with Gasteiger partial charge in [0.15, 0.2) is 0 Å². The van der Waals surface area contributed by atoms with Crippen LogP contribution in [-0.2, 0) is 6.42 Å². The summed E-state index contributed by atoms with van der Waals surface area (Å²) >= 11 is 0. The predicted molar refractivity (Wildman–Crippen MR) is 54.4 cm³/mol. The highest BCUT2D eigenvalue weighted by Crippen LogP contribution is 2.16. The third-order valence-electron chi connectivity index (χ3n) is 2.78. The van der Waals surface area contributed by atoms with Crippen LogP contribution in [0.5, 0.6) is 0 Å². The molecule has 0 aromatic carbocycles. The molecule has 0 saturated carbocycles. The Balaban J connectivity index is 2.45. The molecule has 0 aliphatic heterocycles. The van der Waals surface area contributed by atoms with Gasteiger partial charge < -0.3 is 10.2 Å². The van der Waals surface area contributed by atoms with Crippen LogP contribution in [0.3, 0.4) is 0 Å². The van der Waals surface area contributed by atoms with Gasteiger partial charge in [0.2, 0.25) is 0 Å². The van der Waals surface area contributed by atoms with E-state index in [1.54, 1.807) is 12.5 Å². The fourth-order valence-corrected chi connectivity index (χ4v) is 1.36. The van der Waals surface area contributed by atoms with Crippen molar-refractivity contribution >= 4 is 0 Å². The van der Waals surface area contributed by atoms with Gasteiger partial charge >= 0.3 is 0 Å². The first-order valence-corrected chi connectivity index (χ1v) is 4.88. The van der Waals surface area contributed by atoms with Crippen LogP contribution in [0, 0.1) is 11.8 Å². The molecule has 0 bridgehead atoms. The Morgan fingerprint density at radius 2 is 2.08 bits per heavy atom. The molecule has 1 heterocycles. The first kappa shape index (κ1) is 10.3. The topological polar surface area (TPSA) is 39.2 Å². The molecule has 2 N–H and O–H groups in total. The molecule has 1 rings (SSSR count). The van der Waals surface area contributed by atoms with Gasteiger partial charge in [-0.05, 0) is 29.9 Å². The first-order chi connectivity index (χ1) is 6.11. The zero-order valence-electron chi connectivity index (χ0n) is 8.66. The number of furan rings is 1. The molecule has 1 aromatic rings. The highest BCUT2D eigenvalue weighted by molar-refractivity contribution is 5.07. The summed E-state index contributed by atoms with van der Waals surface area (Å²) in [5.41, 5.74) is 7.26. The summed E-state index contributed by atoms with van der Waals surface area (Å²) in [7, 11) is 0. The number of hydrogen-bond acceptors (Lipinski definition) is 2. The molecule has 0 saturated heterocycles. The van der Waals surface area contributed by atoms with Crippen LogP contribution in [0.4, 0.5) is 0 Å². The molecule has 0 fully saturated rings. The summed E-state index contributed by atoms with van der Waals surface area (Å²) in [6.07, 6.45) is 4.38. The Morgan fingerprint density at radius 3 is 2.54 bits per heavy atom. The van der Waals surface area contributed by atoms with Crippen LogP contribution in [-0.4, -0.2) is 6.04 Å². The third-order valence-corrected chi connectivity index (χ3v) is 2.78. The van der Waals surface area contributed by atoms with Gasteiger partial charge in [0.25, 0.3) is 0 Å². The Morgan fingerprint density at radius 1 is 1.38 bits per heavy atom. The van der Waals surface area contributed by atoms with Crippen LogP contribution in [0.25, 0.3) is 0 Å². The second-order valence-electron chi connectivity index (χ2n) is 4.10. The maximum Gasteiger partial charge on any atom is 0.0935 e. The van der Waals surface area contributed by atoms with E-state index in [4.69, 9.17) is 10.2 Å². The SMILES string of the molecule is CC(C)C(C)C(N)Cc1ccoc1. The van der Waals surface area contributed by atoms with Gasteiger partial charge in [0.05, 0.1) is 12.5 Å². The predicted octanol–water partition coefficient (Wildman–Crippen LogP) is 2.44. The van der Waals surface area contributed by atoms with Crippen LogP contribution < -0.4 is 5.73 Å². The van der Waals surface area contributed by atoms with Crippen molar-refractivity contribution in [3.63, 3.8) is 0 Å². The minimum atomic E-state index is 0.234. The molecular weight excluding hydrogens is 162 g/mol.